The number of thiazole rings is 1. The highest BCUT2D eigenvalue weighted by Crippen LogP contribution is 2.47. The van der Waals surface area contributed by atoms with Gasteiger partial charge in [0.1, 0.15) is 0 Å². The maximum Gasteiger partial charge on any atom is 0.207 e. The third-order valence-corrected chi connectivity index (χ3v) is 8.59. The van der Waals surface area contributed by atoms with Crippen LogP contribution >= 0.6 is 11.3 Å². The zero-order valence-corrected chi connectivity index (χ0v) is 22.5. The van der Waals surface area contributed by atoms with Gasteiger partial charge in [-0.2, -0.15) is 5.10 Å². The van der Waals surface area contributed by atoms with Crippen molar-refractivity contribution in [2.45, 2.75) is 25.3 Å². The number of hydrogen-bond acceptors (Lipinski definition) is 4. The Hall–Kier alpha value is -4.28. The summed E-state index contributed by atoms with van der Waals surface area (Å²) in [5.41, 5.74) is 9.68. The van der Waals surface area contributed by atoms with E-state index in [-0.39, 0.29) is 6.04 Å². The molecule has 0 radical (unpaired) electrons. The fourth-order valence-corrected chi connectivity index (χ4v) is 6.68. The van der Waals surface area contributed by atoms with Gasteiger partial charge in [-0.3, -0.25) is 0 Å². The van der Waals surface area contributed by atoms with E-state index in [1.807, 2.05) is 0 Å². The number of aromatic nitrogens is 1. The fourth-order valence-electron chi connectivity index (χ4n) is 5.86. The van der Waals surface area contributed by atoms with Crippen molar-refractivity contribution in [2.75, 3.05) is 5.01 Å². The van der Waals surface area contributed by atoms with Crippen LogP contribution in [0.4, 0.5) is 5.13 Å². The molecule has 39 heavy (non-hydrogen) atoms. The predicted octanol–water partition coefficient (Wildman–Crippen LogP) is 9.28. The lowest BCUT2D eigenvalue weighted by Gasteiger charge is -2.29. The molecule has 4 aromatic carbocycles. The summed E-state index contributed by atoms with van der Waals surface area (Å²) in [6.07, 6.45) is 5.71. The molecule has 0 N–H and O–H groups in total. The number of benzene rings is 4. The first kappa shape index (κ1) is 23.8. The molecule has 1 saturated carbocycles. The summed E-state index contributed by atoms with van der Waals surface area (Å²) in [6.45, 7) is 0. The molecule has 7 rings (SSSR count). The van der Waals surface area contributed by atoms with Gasteiger partial charge in [-0.15, -0.1) is 11.3 Å². The van der Waals surface area contributed by atoms with Crippen molar-refractivity contribution in [3.63, 3.8) is 0 Å². The van der Waals surface area contributed by atoms with Crippen molar-refractivity contribution < 1.29 is 0 Å². The summed E-state index contributed by atoms with van der Waals surface area (Å²) in [5, 5.41) is 10.6. The van der Waals surface area contributed by atoms with Crippen LogP contribution in [0.5, 0.6) is 0 Å². The van der Waals surface area contributed by atoms with Crippen molar-refractivity contribution in [2.24, 2.45) is 11.0 Å². The molecule has 1 aromatic heterocycles. The van der Waals surface area contributed by atoms with Gasteiger partial charge in [0.2, 0.25) is 5.13 Å². The predicted molar refractivity (Wildman–Crippen MR) is 164 cm³/mol. The van der Waals surface area contributed by atoms with Gasteiger partial charge < -0.3 is 0 Å². The number of hydrazone groups is 1. The smallest absolute Gasteiger partial charge is 0.207 e. The molecule has 0 amide bonds. The fraction of sp³-hybridized carbons (Fsp3) is 0.143. The highest BCUT2D eigenvalue weighted by atomic mass is 32.1. The van der Waals surface area contributed by atoms with E-state index in [2.05, 4.69) is 132 Å². The minimum Gasteiger partial charge on any atom is -0.231 e. The van der Waals surface area contributed by atoms with Crippen LogP contribution in [0.15, 0.2) is 131 Å². The topological polar surface area (TPSA) is 28.5 Å². The normalized spacial score (nSPS) is 19.6. The standard InChI is InChI=1S/C35H29N3S/c1-4-11-25(12-5-1)23-30-17-10-18-31-33(30)37-38(34(31)29-15-8-3-9-16-29)35-36-32(24-39-35)28-21-19-27(20-22-28)26-13-6-2-7-14-26/h1-9,11-16,19-24,31,34H,10,17-18H2. The van der Waals surface area contributed by atoms with Crippen LogP contribution in [0, 0.1) is 5.92 Å². The Morgan fingerprint density at radius 1 is 0.718 bits per heavy atom. The molecule has 0 bridgehead atoms. The molecule has 0 saturated heterocycles. The van der Waals surface area contributed by atoms with E-state index >= 15 is 0 Å². The van der Waals surface area contributed by atoms with Crippen molar-refractivity contribution >= 4 is 28.3 Å². The van der Waals surface area contributed by atoms with E-state index in [1.165, 1.54) is 40.0 Å². The van der Waals surface area contributed by atoms with Gasteiger partial charge in [0.05, 0.1) is 17.4 Å². The molecule has 1 aliphatic carbocycles. The quantitative estimate of drug-likeness (QED) is 0.230. The summed E-state index contributed by atoms with van der Waals surface area (Å²) in [7, 11) is 0. The van der Waals surface area contributed by atoms with E-state index in [4.69, 9.17) is 10.1 Å². The van der Waals surface area contributed by atoms with Crippen molar-refractivity contribution in [1.82, 2.24) is 4.98 Å². The monoisotopic (exact) mass is 523 g/mol. The van der Waals surface area contributed by atoms with Crippen LogP contribution in [0.1, 0.15) is 36.4 Å². The van der Waals surface area contributed by atoms with Crippen LogP contribution < -0.4 is 5.01 Å². The molecule has 5 aromatic rings. The summed E-state index contributed by atoms with van der Waals surface area (Å²) in [5.74, 6) is 0.355. The van der Waals surface area contributed by atoms with Gasteiger partial charge in [-0.25, -0.2) is 9.99 Å². The minimum atomic E-state index is 0.153. The lowest BCUT2D eigenvalue weighted by atomic mass is 9.77. The van der Waals surface area contributed by atoms with Crippen LogP contribution in [0.25, 0.3) is 28.5 Å². The average Bonchev–Trinajstić information content (AvgIpc) is 3.65. The number of anilines is 1. The lowest BCUT2D eigenvalue weighted by Crippen LogP contribution is -2.28. The van der Waals surface area contributed by atoms with Gasteiger partial charge >= 0.3 is 0 Å². The number of nitrogens with zero attached hydrogens (tertiary/aromatic N) is 3. The van der Waals surface area contributed by atoms with Gasteiger partial charge in [0, 0.05) is 16.9 Å². The summed E-state index contributed by atoms with van der Waals surface area (Å²) in [6, 6.07) is 40.8. The Kier molecular flexibility index (Phi) is 6.39. The van der Waals surface area contributed by atoms with Crippen molar-refractivity contribution in [1.29, 1.82) is 0 Å². The minimum absolute atomic E-state index is 0.153. The van der Waals surface area contributed by atoms with Crippen molar-refractivity contribution in [3.8, 4) is 22.4 Å². The maximum atomic E-state index is 5.31. The first-order valence-corrected chi connectivity index (χ1v) is 14.5. The van der Waals surface area contributed by atoms with E-state index in [9.17, 15) is 0 Å². The first-order valence-electron chi connectivity index (χ1n) is 13.6. The molecule has 4 heteroatoms. The van der Waals surface area contributed by atoms with E-state index < -0.39 is 0 Å². The lowest BCUT2D eigenvalue weighted by molar-refractivity contribution is 0.487. The number of allylic oxidation sites excluding steroid dienone is 1. The molecular weight excluding hydrogens is 494 g/mol. The largest absolute Gasteiger partial charge is 0.231 e. The third kappa shape index (κ3) is 4.73. The summed E-state index contributed by atoms with van der Waals surface area (Å²) < 4.78 is 0. The third-order valence-electron chi connectivity index (χ3n) is 7.76. The van der Waals surface area contributed by atoms with Crippen LogP contribution in [-0.4, -0.2) is 10.7 Å². The SMILES string of the molecule is C(=C1CCCC2C1=NN(c1nc(-c3ccc(-c4ccccc4)cc3)cs1)C2c1ccccc1)c1ccccc1. The summed E-state index contributed by atoms with van der Waals surface area (Å²) >= 11 is 1.68. The zero-order valence-electron chi connectivity index (χ0n) is 21.7. The number of fused-ring (bicyclic) bond motifs is 1. The Balaban J connectivity index is 1.24. The maximum absolute atomic E-state index is 5.31. The molecule has 2 unspecified atom stereocenters. The number of rotatable bonds is 5. The van der Waals surface area contributed by atoms with Crippen LogP contribution in [-0.2, 0) is 0 Å². The van der Waals surface area contributed by atoms with Gasteiger partial charge in [0.25, 0.3) is 0 Å². The second kappa shape index (κ2) is 10.5. The van der Waals surface area contributed by atoms with E-state index in [0.717, 1.165) is 29.2 Å². The first-order chi connectivity index (χ1) is 19.3. The molecule has 2 aliphatic rings. The molecule has 2 heterocycles. The highest BCUT2D eigenvalue weighted by Gasteiger charge is 2.42. The molecule has 2 atom stereocenters. The molecule has 1 aliphatic heterocycles. The zero-order chi connectivity index (χ0) is 26.0. The Labute approximate surface area is 233 Å². The van der Waals surface area contributed by atoms with Gasteiger partial charge in [-0.1, -0.05) is 115 Å². The molecular formula is C35H29N3S. The Morgan fingerprint density at radius 3 is 2.10 bits per heavy atom. The highest BCUT2D eigenvalue weighted by molar-refractivity contribution is 7.14. The van der Waals surface area contributed by atoms with Gasteiger partial charge in [0.15, 0.2) is 0 Å². The molecule has 1 fully saturated rings. The van der Waals surface area contributed by atoms with Gasteiger partial charge in [-0.05, 0) is 53.2 Å². The second-order valence-electron chi connectivity index (χ2n) is 10.2. The van der Waals surface area contributed by atoms with Crippen LogP contribution in [0.3, 0.4) is 0 Å². The molecule has 0 spiro atoms. The Morgan fingerprint density at radius 2 is 1.36 bits per heavy atom. The van der Waals surface area contributed by atoms with Crippen molar-refractivity contribution in [3.05, 3.63) is 137 Å². The van der Waals surface area contributed by atoms with E-state index in [0.29, 0.717) is 5.92 Å². The molecule has 3 nitrogen and oxygen atoms in total. The van der Waals surface area contributed by atoms with E-state index in [1.54, 1.807) is 11.3 Å². The summed E-state index contributed by atoms with van der Waals surface area (Å²) in [4.78, 5) is 5.13. The average molecular weight is 524 g/mol. The number of hydrogen-bond donors (Lipinski definition) is 0. The molecule has 190 valence electrons. The van der Waals surface area contributed by atoms with Crippen LogP contribution in [0.2, 0.25) is 0 Å². The second-order valence-corrected chi connectivity index (χ2v) is 11.1. The Bertz CT molecular complexity index is 1620.